The molecule has 0 N–H and O–H groups in total. The third-order valence-electron chi connectivity index (χ3n) is 2.21. The summed E-state index contributed by atoms with van der Waals surface area (Å²) in [5.74, 6) is -0.447. The number of rotatable bonds is 2. The number of carbonyl (C=O) groups excluding carboxylic acids is 2. The van der Waals surface area contributed by atoms with Gasteiger partial charge in [0.25, 0.3) is 5.91 Å². The SMILES string of the molecule is CCN(C(C)=O)C(=O)c1cccc(C)c1. The summed E-state index contributed by atoms with van der Waals surface area (Å²) in [6.45, 7) is 5.51. The van der Waals surface area contributed by atoms with Crippen molar-refractivity contribution in [1.29, 1.82) is 0 Å². The first-order valence-corrected chi connectivity index (χ1v) is 4.95. The Morgan fingerprint density at radius 1 is 1.33 bits per heavy atom. The highest BCUT2D eigenvalue weighted by molar-refractivity contribution is 6.04. The number of amides is 2. The third kappa shape index (κ3) is 2.65. The Hall–Kier alpha value is -1.64. The molecule has 1 aromatic carbocycles. The molecule has 15 heavy (non-hydrogen) atoms. The molecular weight excluding hydrogens is 190 g/mol. The molecule has 1 rings (SSSR count). The van der Waals surface area contributed by atoms with Gasteiger partial charge in [-0.25, -0.2) is 0 Å². The molecule has 0 atom stereocenters. The molecule has 0 fully saturated rings. The van der Waals surface area contributed by atoms with Crippen molar-refractivity contribution < 1.29 is 9.59 Å². The van der Waals surface area contributed by atoms with Crippen LogP contribution in [0.3, 0.4) is 0 Å². The largest absolute Gasteiger partial charge is 0.279 e. The summed E-state index contributed by atoms with van der Waals surface area (Å²) in [6, 6.07) is 7.24. The van der Waals surface area contributed by atoms with E-state index in [-0.39, 0.29) is 11.8 Å². The van der Waals surface area contributed by atoms with Gasteiger partial charge in [-0.1, -0.05) is 17.7 Å². The molecule has 0 aliphatic heterocycles. The minimum absolute atomic E-state index is 0.219. The maximum absolute atomic E-state index is 11.9. The molecule has 80 valence electrons. The van der Waals surface area contributed by atoms with Gasteiger partial charge < -0.3 is 0 Å². The Balaban J connectivity index is 2.98. The van der Waals surface area contributed by atoms with E-state index in [9.17, 15) is 9.59 Å². The molecule has 0 aliphatic rings. The van der Waals surface area contributed by atoms with Gasteiger partial charge in [0.1, 0.15) is 0 Å². The highest BCUT2D eigenvalue weighted by Gasteiger charge is 2.17. The van der Waals surface area contributed by atoms with Crippen LogP contribution >= 0.6 is 0 Å². The lowest BCUT2D eigenvalue weighted by atomic mass is 10.1. The fourth-order valence-corrected chi connectivity index (χ4v) is 1.44. The molecule has 3 nitrogen and oxygen atoms in total. The van der Waals surface area contributed by atoms with Crippen LogP contribution in [0.5, 0.6) is 0 Å². The second kappa shape index (κ2) is 4.73. The Bertz CT molecular complexity index is 385. The second-order valence-corrected chi connectivity index (χ2v) is 3.44. The van der Waals surface area contributed by atoms with Gasteiger partial charge in [-0.05, 0) is 26.0 Å². The number of carbonyl (C=O) groups is 2. The van der Waals surface area contributed by atoms with Gasteiger partial charge in [0.05, 0.1) is 0 Å². The summed E-state index contributed by atoms with van der Waals surface area (Å²) in [4.78, 5) is 24.3. The first kappa shape index (κ1) is 11.4. The summed E-state index contributed by atoms with van der Waals surface area (Å²) < 4.78 is 0. The van der Waals surface area contributed by atoms with E-state index >= 15 is 0 Å². The Morgan fingerprint density at radius 3 is 2.47 bits per heavy atom. The number of aryl methyl sites for hydroxylation is 1. The average Bonchev–Trinajstić information content (AvgIpc) is 2.18. The number of nitrogens with zero attached hydrogens (tertiary/aromatic N) is 1. The van der Waals surface area contributed by atoms with Gasteiger partial charge in [-0.3, -0.25) is 14.5 Å². The predicted molar refractivity (Wildman–Crippen MR) is 58.6 cm³/mol. The van der Waals surface area contributed by atoms with Crippen LogP contribution in [0.4, 0.5) is 0 Å². The molecule has 1 aromatic rings. The van der Waals surface area contributed by atoms with E-state index in [1.807, 2.05) is 19.1 Å². The zero-order valence-corrected chi connectivity index (χ0v) is 9.28. The lowest BCUT2D eigenvalue weighted by molar-refractivity contribution is -0.126. The maximum Gasteiger partial charge on any atom is 0.260 e. The van der Waals surface area contributed by atoms with Crippen LogP contribution in [0.15, 0.2) is 24.3 Å². The van der Waals surface area contributed by atoms with Gasteiger partial charge >= 0.3 is 0 Å². The van der Waals surface area contributed by atoms with Crippen molar-refractivity contribution in [1.82, 2.24) is 4.90 Å². The number of hydrogen-bond donors (Lipinski definition) is 0. The summed E-state index contributed by atoms with van der Waals surface area (Å²) in [5.41, 5.74) is 1.58. The molecule has 0 spiro atoms. The zero-order chi connectivity index (χ0) is 11.4. The summed E-state index contributed by atoms with van der Waals surface area (Å²) in [5, 5.41) is 0. The van der Waals surface area contributed by atoms with Crippen LogP contribution in [-0.4, -0.2) is 23.3 Å². The first-order valence-electron chi connectivity index (χ1n) is 4.95. The van der Waals surface area contributed by atoms with E-state index in [2.05, 4.69) is 0 Å². The van der Waals surface area contributed by atoms with Crippen LogP contribution in [0.1, 0.15) is 29.8 Å². The van der Waals surface area contributed by atoms with Crippen molar-refractivity contribution in [2.45, 2.75) is 20.8 Å². The van der Waals surface area contributed by atoms with Crippen LogP contribution in [0, 0.1) is 6.92 Å². The van der Waals surface area contributed by atoms with E-state index in [1.165, 1.54) is 11.8 Å². The topological polar surface area (TPSA) is 37.4 Å². The quantitative estimate of drug-likeness (QED) is 0.740. The highest BCUT2D eigenvalue weighted by atomic mass is 16.2. The third-order valence-corrected chi connectivity index (χ3v) is 2.21. The summed E-state index contributed by atoms with van der Waals surface area (Å²) in [6.07, 6.45) is 0. The molecule has 0 heterocycles. The van der Waals surface area contributed by atoms with Crippen LogP contribution in [-0.2, 0) is 4.79 Å². The average molecular weight is 205 g/mol. The lowest BCUT2D eigenvalue weighted by Crippen LogP contribution is -2.34. The van der Waals surface area contributed by atoms with Gasteiger partial charge in [0.15, 0.2) is 0 Å². The zero-order valence-electron chi connectivity index (χ0n) is 9.28. The Morgan fingerprint density at radius 2 is 2.00 bits per heavy atom. The fraction of sp³-hybridized carbons (Fsp3) is 0.333. The van der Waals surface area contributed by atoms with E-state index in [0.717, 1.165) is 5.56 Å². The van der Waals surface area contributed by atoms with Gasteiger partial charge in [0.2, 0.25) is 5.91 Å². The number of hydrogen-bond acceptors (Lipinski definition) is 2. The maximum atomic E-state index is 11.9. The van der Waals surface area contributed by atoms with Crippen molar-refractivity contribution in [2.75, 3.05) is 6.54 Å². The molecular formula is C12H15NO2. The van der Waals surface area contributed by atoms with E-state index in [1.54, 1.807) is 19.1 Å². The van der Waals surface area contributed by atoms with E-state index < -0.39 is 0 Å². The molecule has 3 heteroatoms. The molecule has 2 amide bonds. The molecule has 0 aliphatic carbocycles. The molecule has 0 unspecified atom stereocenters. The fourth-order valence-electron chi connectivity index (χ4n) is 1.44. The van der Waals surface area contributed by atoms with Crippen molar-refractivity contribution in [3.8, 4) is 0 Å². The minimum atomic E-state index is -0.228. The smallest absolute Gasteiger partial charge is 0.260 e. The number of benzene rings is 1. The van der Waals surface area contributed by atoms with Gasteiger partial charge in [0, 0.05) is 19.0 Å². The second-order valence-electron chi connectivity index (χ2n) is 3.44. The van der Waals surface area contributed by atoms with Crippen molar-refractivity contribution in [3.63, 3.8) is 0 Å². The molecule has 0 aromatic heterocycles. The molecule has 0 bridgehead atoms. The minimum Gasteiger partial charge on any atom is -0.279 e. The Kier molecular flexibility index (Phi) is 3.61. The van der Waals surface area contributed by atoms with Crippen LogP contribution in [0.25, 0.3) is 0 Å². The van der Waals surface area contributed by atoms with Gasteiger partial charge in [-0.2, -0.15) is 0 Å². The number of imide groups is 1. The summed E-state index contributed by atoms with van der Waals surface area (Å²) in [7, 11) is 0. The van der Waals surface area contributed by atoms with E-state index in [0.29, 0.717) is 12.1 Å². The van der Waals surface area contributed by atoms with Crippen molar-refractivity contribution in [2.24, 2.45) is 0 Å². The Labute approximate surface area is 89.7 Å². The molecule has 0 saturated heterocycles. The predicted octanol–water partition coefficient (Wildman–Crippen LogP) is 2.00. The van der Waals surface area contributed by atoms with E-state index in [4.69, 9.17) is 0 Å². The van der Waals surface area contributed by atoms with Crippen molar-refractivity contribution in [3.05, 3.63) is 35.4 Å². The molecule has 0 radical (unpaired) electrons. The lowest BCUT2D eigenvalue weighted by Gasteiger charge is -2.16. The first-order chi connectivity index (χ1) is 7.06. The molecule has 0 saturated carbocycles. The van der Waals surface area contributed by atoms with Crippen LogP contribution < -0.4 is 0 Å². The monoisotopic (exact) mass is 205 g/mol. The van der Waals surface area contributed by atoms with Crippen molar-refractivity contribution >= 4 is 11.8 Å². The standard InChI is InChI=1S/C12H15NO2/c1-4-13(10(3)14)12(15)11-7-5-6-9(2)8-11/h5-8H,4H2,1-3H3. The highest BCUT2D eigenvalue weighted by Crippen LogP contribution is 2.07. The van der Waals surface area contributed by atoms with Crippen LogP contribution in [0.2, 0.25) is 0 Å². The normalized spacial score (nSPS) is 9.80. The summed E-state index contributed by atoms with van der Waals surface area (Å²) >= 11 is 0. The van der Waals surface area contributed by atoms with Gasteiger partial charge in [-0.15, -0.1) is 0 Å².